The van der Waals surface area contributed by atoms with Gasteiger partial charge in [0.25, 0.3) is 0 Å². The zero-order chi connectivity index (χ0) is 22.6. The first-order chi connectivity index (χ1) is 14.9. The third-order valence-corrected chi connectivity index (χ3v) is 4.89. The van der Waals surface area contributed by atoms with Gasteiger partial charge in [-0.15, -0.1) is 11.3 Å². The molecule has 0 fully saturated rings. The van der Waals surface area contributed by atoms with Crippen molar-refractivity contribution in [3.8, 4) is 16.3 Å². The lowest BCUT2D eigenvalue weighted by Gasteiger charge is -2.08. The zero-order valence-corrected chi connectivity index (χ0v) is 18.3. The van der Waals surface area contributed by atoms with Crippen LogP contribution >= 0.6 is 11.3 Å². The third kappa shape index (κ3) is 8.33. The largest absolute Gasteiger partial charge is 0.473 e. The Hall–Kier alpha value is -3.01. The van der Waals surface area contributed by atoms with Crippen LogP contribution in [-0.2, 0) is 20.9 Å². The molecule has 1 aromatic carbocycles. The summed E-state index contributed by atoms with van der Waals surface area (Å²) < 4.78 is 7.55. The molecule has 3 aromatic rings. The molecular formula is C22H27N3O5S. The summed E-state index contributed by atoms with van der Waals surface area (Å²) in [5, 5.41) is 25.2. The van der Waals surface area contributed by atoms with Crippen LogP contribution in [0.2, 0.25) is 0 Å². The summed E-state index contributed by atoms with van der Waals surface area (Å²) in [5.41, 5.74) is 3.36. The predicted octanol–water partition coefficient (Wildman–Crippen LogP) is 3.66. The maximum Gasteiger partial charge on any atom is 0.414 e. The predicted molar refractivity (Wildman–Crippen MR) is 120 cm³/mol. The fourth-order valence-electron chi connectivity index (χ4n) is 2.61. The molecule has 0 atom stereocenters. The minimum Gasteiger partial charge on any atom is -0.473 e. The number of thiophene rings is 1. The van der Waals surface area contributed by atoms with E-state index in [1.165, 1.54) is 10.4 Å². The number of benzene rings is 1. The van der Waals surface area contributed by atoms with Gasteiger partial charge in [0.15, 0.2) is 0 Å². The highest BCUT2D eigenvalue weighted by Gasteiger charge is 2.12. The summed E-state index contributed by atoms with van der Waals surface area (Å²) in [6.45, 7) is 6.68. The molecule has 0 aliphatic rings. The zero-order valence-electron chi connectivity index (χ0n) is 17.5. The number of rotatable bonds is 9. The second-order valence-corrected chi connectivity index (χ2v) is 7.77. The second kappa shape index (κ2) is 12.6. The van der Waals surface area contributed by atoms with Crippen LogP contribution in [0.5, 0.6) is 0 Å². The minimum atomic E-state index is -1.82. The van der Waals surface area contributed by atoms with E-state index in [4.69, 9.17) is 29.6 Å². The maximum atomic E-state index is 9.10. The van der Waals surface area contributed by atoms with Gasteiger partial charge in [-0.25, -0.2) is 14.3 Å². The number of hydrogen-bond donors (Lipinski definition) is 3. The molecular weight excluding hydrogens is 418 g/mol. The fraction of sp³-hybridized carbons (Fsp3) is 0.318. The van der Waals surface area contributed by atoms with Crippen LogP contribution in [0.15, 0.2) is 54.0 Å². The lowest BCUT2D eigenvalue weighted by molar-refractivity contribution is -0.159. The van der Waals surface area contributed by atoms with E-state index in [9.17, 15) is 0 Å². The molecule has 31 heavy (non-hydrogen) atoms. The molecule has 8 nitrogen and oxygen atoms in total. The normalized spacial score (nSPS) is 10.5. The number of nitrogens with one attached hydrogen (secondary N) is 1. The molecule has 0 spiro atoms. The van der Waals surface area contributed by atoms with E-state index in [0.717, 1.165) is 37.5 Å². The topological polar surface area (TPSA) is 114 Å². The van der Waals surface area contributed by atoms with Crippen molar-refractivity contribution in [3.05, 3.63) is 59.6 Å². The van der Waals surface area contributed by atoms with Crippen molar-refractivity contribution in [1.82, 2.24) is 15.1 Å². The van der Waals surface area contributed by atoms with Gasteiger partial charge < -0.3 is 20.3 Å². The number of carbonyl (C=O) groups is 2. The third-order valence-electron chi connectivity index (χ3n) is 4.01. The molecule has 3 rings (SSSR count). The smallest absolute Gasteiger partial charge is 0.414 e. The van der Waals surface area contributed by atoms with E-state index in [2.05, 4.69) is 55.0 Å². The molecule has 0 amide bonds. The Morgan fingerprint density at radius 2 is 1.84 bits per heavy atom. The standard InChI is InChI=1S/C20H25N3OS.C2H2O4/c1-16(2)24-12-7-11-21-14-17-15-23(18-8-4-3-5-9-18)22-20(17)19-10-6-13-25-19;3-1(4)2(5)6/h3-6,8-10,13,15-16,21H,7,11-12,14H2,1-2H3;(H,3,4)(H,5,6). The van der Waals surface area contributed by atoms with Gasteiger partial charge in [0.1, 0.15) is 5.69 Å². The summed E-state index contributed by atoms with van der Waals surface area (Å²) in [4.78, 5) is 19.4. The van der Waals surface area contributed by atoms with Crippen molar-refractivity contribution in [3.63, 3.8) is 0 Å². The molecule has 2 heterocycles. The molecule has 0 saturated heterocycles. The van der Waals surface area contributed by atoms with Gasteiger partial charge in [-0.3, -0.25) is 0 Å². The quantitative estimate of drug-likeness (QED) is 0.340. The van der Waals surface area contributed by atoms with Gasteiger partial charge in [-0.1, -0.05) is 24.3 Å². The summed E-state index contributed by atoms with van der Waals surface area (Å²) in [7, 11) is 0. The molecule has 0 unspecified atom stereocenters. The lowest BCUT2D eigenvalue weighted by Crippen LogP contribution is -2.17. The Balaban J connectivity index is 0.000000501. The number of aliphatic carboxylic acids is 2. The van der Waals surface area contributed by atoms with Crippen molar-refractivity contribution in [2.45, 2.75) is 32.9 Å². The molecule has 0 radical (unpaired) electrons. The molecule has 0 aliphatic heterocycles. The molecule has 0 bridgehead atoms. The second-order valence-electron chi connectivity index (χ2n) is 6.82. The molecule has 2 aromatic heterocycles. The van der Waals surface area contributed by atoms with Gasteiger partial charge in [0, 0.05) is 24.9 Å². The van der Waals surface area contributed by atoms with Crippen molar-refractivity contribution < 1.29 is 24.5 Å². The number of carboxylic acid groups (broad SMARTS) is 2. The first-order valence-corrected chi connectivity index (χ1v) is 10.7. The molecule has 3 N–H and O–H groups in total. The Kier molecular flexibility index (Phi) is 9.89. The molecule has 0 saturated carbocycles. The van der Waals surface area contributed by atoms with Gasteiger partial charge in [-0.2, -0.15) is 5.10 Å². The van der Waals surface area contributed by atoms with Crippen LogP contribution in [0, 0.1) is 0 Å². The van der Waals surface area contributed by atoms with Crippen LogP contribution in [0.4, 0.5) is 0 Å². The van der Waals surface area contributed by atoms with E-state index < -0.39 is 11.9 Å². The van der Waals surface area contributed by atoms with Crippen molar-refractivity contribution >= 4 is 23.3 Å². The number of para-hydroxylation sites is 1. The van der Waals surface area contributed by atoms with Crippen LogP contribution < -0.4 is 5.32 Å². The summed E-state index contributed by atoms with van der Waals surface area (Å²) >= 11 is 1.73. The Morgan fingerprint density at radius 1 is 1.13 bits per heavy atom. The summed E-state index contributed by atoms with van der Waals surface area (Å²) in [6.07, 6.45) is 3.44. The Bertz CT molecular complexity index is 927. The highest BCUT2D eigenvalue weighted by molar-refractivity contribution is 7.13. The Morgan fingerprint density at radius 3 is 2.42 bits per heavy atom. The molecule has 0 aliphatic carbocycles. The van der Waals surface area contributed by atoms with E-state index >= 15 is 0 Å². The van der Waals surface area contributed by atoms with E-state index in [0.29, 0.717) is 6.10 Å². The minimum absolute atomic E-state index is 0.300. The fourth-order valence-corrected chi connectivity index (χ4v) is 3.36. The number of aromatic nitrogens is 2. The van der Waals surface area contributed by atoms with Gasteiger partial charge in [0.05, 0.1) is 16.7 Å². The highest BCUT2D eigenvalue weighted by atomic mass is 32.1. The highest BCUT2D eigenvalue weighted by Crippen LogP contribution is 2.27. The van der Waals surface area contributed by atoms with E-state index in [1.807, 2.05) is 22.9 Å². The number of hydrogen-bond acceptors (Lipinski definition) is 6. The maximum absolute atomic E-state index is 9.10. The molecule has 9 heteroatoms. The summed E-state index contributed by atoms with van der Waals surface area (Å²) in [5.74, 6) is -3.65. The van der Waals surface area contributed by atoms with E-state index in [-0.39, 0.29) is 0 Å². The average molecular weight is 446 g/mol. The van der Waals surface area contributed by atoms with Crippen molar-refractivity contribution in [1.29, 1.82) is 0 Å². The van der Waals surface area contributed by atoms with Crippen LogP contribution in [0.25, 0.3) is 16.3 Å². The van der Waals surface area contributed by atoms with Gasteiger partial charge in [-0.05, 0) is 50.4 Å². The van der Waals surface area contributed by atoms with Crippen molar-refractivity contribution in [2.24, 2.45) is 0 Å². The number of carboxylic acids is 2. The summed E-state index contributed by atoms with van der Waals surface area (Å²) in [6, 6.07) is 14.4. The number of nitrogens with zero attached hydrogens (tertiary/aromatic N) is 2. The van der Waals surface area contributed by atoms with Crippen LogP contribution in [0.1, 0.15) is 25.8 Å². The first kappa shape index (κ1) is 24.3. The molecule has 166 valence electrons. The van der Waals surface area contributed by atoms with E-state index in [1.54, 1.807) is 11.3 Å². The van der Waals surface area contributed by atoms with Crippen LogP contribution in [0.3, 0.4) is 0 Å². The first-order valence-electron chi connectivity index (χ1n) is 9.85. The lowest BCUT2D eigenvalue weighted by atomic mass is 10.2. The van der Waals surface area contributed by atoms with Gasteiger partial charge in [0.2, 0.25) is 0 Å². The SMILES string of the molecule is CC(C)OCCCNCc1cn(-c2ccccc2)nc1-c1cccs1.O=C(O)C(=O)O. The monoisotopic (exact) mass is 445 g/mol. The average Bonchev–Trinajstić information content (AvgIpc) is 3.41. The van der Waals surface area contributed by atoms with Crippen LogP contribution in [-0.4, -0.2) is 51.2 Å². The Labute approximate surface area is 185 Å². The number of ether oxygens (including phenoxy) is 1. The van der Waals surface area contributed by atoms with Gasteiger partial charge >= 0.3 is 11.9 Å². The van der Waals surface area contributed by atoms with Crippen molar-refractivity contribution in [2.75, 3.05) is 13.2 Å².